The molecule has 1 heterocycles. The summed E-state index contributed by atoms with van der Waals surface area (Å²) in [6, 6.07) is 2.73. The Balaban J connectivity index is 2.22. The summed E-state index contributed by atoms with van der Waals surface area (Å²) in [4.78, 5) is 4.28. The van der Waals surface area contributed by atoms with Crippen molar-refractivity contribution in [2.45, 2.75) is 32.1 Å². The molecule has 3 rings (SSSR count). The highest BCUT2D eigenvalue weighted by atomic mass is 19.2. The summed E-state index contributed by atoms with van der Waals surface area (Å²) in [5, 5.41) is 3.11. The minimum atomic E-state index is -1.45. The monoisotopic (exact) mass is 280 g/mol. The van der Waals surface area contributed by atoms with E-state index < -0.39 is 17.5 Å². The van der Waals surface area contributed by atoms with Gasteiger partial charge in [0.05, 0.1) is 10.9 Å². The molecule has 1 aromatic carbocycles. The number of pyridine rings is 1. The normalized spacial score (nSPS) is 14.8. The Morgan fingerprint density at radius 2 is 1.95 bits per heavy atom. The lowest BCUT2D eigenvalue weighted by molar-refractivity contribution is 0.453. The second-order valence-corrected chi connectivity index (χ2v) is 5.18. The molecular formula is C15H15F3N2. The van der Waals surface area contributed by atoms with E-state index in [9.17, 15) is 13.2 Å². The van der Waals surface area contributed by atoms with E-state index in [2.05, 4.69) is 10.3 Å². The van der Waals surface area contributed by atoms with Gasteiger partial charge < -0.3 is 5.32 Å². The minimum absolute atomic E-state index is 0.0294. The van der Waals surface area contributed by atoms with Gasteiger partial charge in [-0.25, -0.2) is 13.2 Å². The molecule has 2 nitrogen and oxygen atoms in total. The molecule has 1 aromatic heterocycles. The molecule has 0 amide bonds. The van der Waals surface area contributed by atoms with Crippen molar-refractivity contribution < 1.29 is 13.2 Å². The van der Waals surface area contributed by atoms with Crippen LogP contribution in [0.15, 0.2) is 12.1 Å². The van der Waals surface area contributed by atoms with Crippen LogP contribution >= 0.6 is 0 Å². The van der Waals surface area contributed by atoms with Gasteiger partial charge >= 0.3 is 0 Å². The number of hydrogen-bond donors (Lipinski definition) is 1. The molecule has 1 N–H and O–H groups in total. The van der Waals surface area contributed by atoms with Gasteiger partial charge in [0.15, 0.2) is 17.5 Å². The molecule has 0 atom stereocenters. The van der Waals surface area contributed by atoms with E-state index in [1.807, 2.05) is 6.92 Å². The first kappa shape index (κ1) is 13.2. The van der Waals surface area contributed by atoms with Gasteiger partial charge in [0, 0.05) is 29.9 Å². The first-order valence-corrected chi connectivity index (χ1v) is 6.83. The van der Waals surface area contributed by atoms with Crippen LogP contribution in [0, 0.1) is 17.5 Å². The topological polar surface area (TPSA) is 24.9 Å². The molecule has 0 aliphatic heterocycles. The van der Waals surface area contributed by atoms with E-state index >= 15 is 0 Å². The van der Waals surface area contributed by atoms with Crippen LogP contribution in [0.1, 0.15) is 37.8 Å². The van der Waals surface area contributed by atoms with E-state index in [0.29, 0.717) is 18.2 Å². The summed E-state index contributed by atoms with van der Waals surface area (Å²) in [5.74, 6) is -3.46. The van der Waals surface area contributed by atoms with Crippen molar-refractivity contribution in [2.24, 2.45) is 0 Å². The van der Waals surface area contributed by atoms with Crippen molar-refractivity contribution in [3.8, 4) is 0 Å². The zero-order valence-corrected chi connectivity index (χ0v) is 11.1. The van der Waals surface area contributed by atoms with Crippen molar-refractivity contribution in [3.05, 3.63) is 35.3 Å². The SMILES string of the molecule is CCCNc1cc(C2CC2)nc2cc(F)c(F)c(F)c12. The van der Waals surface area contributed by atoms with Crippen LogP contribution in [-0.4, -0.2) is 11.5 Å². The highest BCUT2D eigenvalue weighted by Gasteiger charge is 2.27. The van der Waals surface area contributed by atoms with Crippen LogP contribution < -0.4 is 5.32 Å². The fraction of sp³-hybridized carbons (Fsp3) is 0.400. The Morgan fingerprint density at radius 3 is 2.60 bits per heavy atom. The summed E-state index contributed by atoms with van der Waals surface area (Å²) in [6.07, 6.45) is 2.93. The Bertz CT molecular complexity index is 666. The number of benzene rings is 1. The lowest BCUT2D eigenvalue weighted by Crippen LogP contribution is -2.05. The average Bonchev–Trinajstić information content (AvgIpc) is 3.26. The van der Waals surface area contributed by atoms with Crippen molar-refractivity contribution in [3.63, 3.8) is 0 Å². The third-order valence-corrected chi connectivity index (χ3v) is 3.51. The average molecular weight is 280 g/mol. The second-order valence-electron chi connectivity index (χ2n) is 5.18. The van der Waals surface area contributed by atoms with E-state index in [1.54, 1.807) is 6.07 Å². The van der Waals surface area contributed by atoms with Gasteiger partial charge in [-0.15, -0.1) is 0 Å². The van der Waals surface area contributed by atoms with Crippen LogP contribution in [-0.2, 0) is 0 Å². The summed E-state index contributed by atoms with van der Waals surface area (Å²) >= 11 is 0. The summed E-state index contributed by atoms with van der Waals surface area (Å²) in [7, 11) is 0. The predicted octanol–water partition coefficient (Wildman–Crippen LogP) is 4.35. The number of rotatable bonds is 4. The molecule has 0 saturated heterocycles. The van der Waals surface area contributed by atoms with Crippen LogP contribution in [0.4, 0.5) is 18.9 Å². The fourth-order valence-electron chi connectivity index (χ4n) is 2.31. The first-order valence-electron chi connectivity index (χ1n) is 6.83. The fourth-order valence-corrected chi connectivity index (χ4v) is 2.31. The minimum Gasteiger partial charge on any atom is -0.384 e. The van der Waals surface area contributed by atoms with Crippen molar-refractivity contribution in [2.75, 3.05) is 11.9 Å². The van der Waals surface area contributed by atoms with E-state index in [0.717, 1.165) is 31.0 Å². The smallest absolute Gasteiger partial charge is 0.195 e. The standard InChI is InChI=1S/C15H15F3N2/c1-2-5-19-11-7-10(8-3-4-8)20-12-6-9(16)14(17)15(18)13(11)12/h6-8H,2-5H2,1H3,(H,19,20). The summed E-state index contributed by atoms with van der Waals surface area (Å²) < 4.78 is 40.8. The largest absolute Gasteiger partial charge is 0.384 e. The highest BCUT2D eigenvalue weighted by Crippen LogP contribution is 2.41. The molecule has 106 valence electrons. The van der Waals surface area contributed by atoms with Crippen molar-refractivity contribution in [1.29, 1.82) is 0 Å². The summed E-state index contributed by atoms with van der Waals surface area (Å²) in [6.45, 7) is 2.62. The molecule has 1 saturated carbocycles. The highest BCUT2D eigenvalue weighted by molar-refractivity contribution is 5.92. The molecule has 0 spiro atoms. The number of anilines is 1. The molecule has 5 heteroatoms. The van der Waals surface area contributed by atoms with E-state index in [4.69, 9.17) is 0 Å². The van der Waals surface area contributed by atoms with Gasteiger partial charge in [-0.2, -0.15) is 0 Å². The van der Waals surface area contributed by atoms with E-state index in [-0.39, 0.29) is 10.9 Å². The van der Waals surface area contributed by atoms with Crippen LogP contribution in [0.25, 0.3) is 10.9 Å². The number of halogens is 3. The maximum atomic E-state index is 14.0. The quantitative estimate of drug-likeness (QED) is 0.842. The Morgan fingerprint density at radius 1 is 1.20 bits per heavy atom. The predicted molar refractivity (Wildman–Crippen MR) is 72.4 cm³/mol. The van der Waals surface area contributed by atoms with Gasteiger partial charge in [-0.05, 0) is 25.3 Å². The molecule has 1 aliphatic rings. The lowest BCUT2D eigenvalue weighted by atomic mass is 10.1. The molecule has 1 fully saturated rings. The Hall–Kier alpha value is -1.78. The number of fused-ring (bicyclic) bond motifs is 1. The lowest BCUT2D eigenvalue weighted by Gasteiger charge is -2.12. The maximum absolute atomic E-state index is 14.0. The van der Waals surface area contributed by atoms with E-state index in [1.165, 1.54) is 0 Å². The molecule has 0 unspecified atom stereocenters. The summed E-state index contributed by atoms with van der Waals surface area (Å²) in [5.41, 5.74) is 1.49. The van der Waals surface area contributed by atoms with Crippen molar-refractivity contribution >= 4 is 16.6 Å². The second kappa shape index (κ2) is 4.96. The molecule has 1 aliphatic carbocycles. The number of nitrogens with zero attached hydrogens (tertiary/aromatic N) is 1. The van der Waals surface area contributed by atoms with Gasteiger partial charge in [0.1, 0.15) is 0 Å². The maximum Gasteiger partial charge on any atom is 0.195 e. The number of aromatic nitrogens is 1. The van der Waals surface area contributed by atoms with Gasteiger partial charge in [-0.1, -0.05) is 6.92 Å². The van der Waals surface area contributed by atoms with Crippen LogP contribution in [0.5, 0.6) is 0 Å². The zero-order valence-electron chi connectivity index (χ0n) is 11.1. The molecular weight excluding hydrogens is 265 g/mol. The molecule has 20 heavy (non-hydrogen) atoms. The zero-order chi connectivity index (χ0) is 14.3. The molecule has 0 bridgehead atoms. The molecule has 2 aromatic rings. The Labute approximate surface area is 115 Å². The van der Waals surface area contributed by atoms with Gasteiger partial charge in [0.25, 0.3) is 0 Å². The third-order valence-electron chi connectivity index (χ3n) is 3.51. The van der Waals surface area contributed by atoms with Crippen molar-refractivity contribution in [1.82, 2.24) is 4.98 Å². The van der Waals surface area contributed by atoms with Crippen LogP contribution in [0.3, 0.4) is 0 Å². The van der Waals surface area contributed by atoms with Gasteiger partial charge in [-0.3, -0.25) is 4.98 Å². The van der Waals surface area contributed by atoms with Crippen LogP contribution in [0.2, 0.25) is 0 Å². The van der Waals surface area contributed by atoms with Gasteiger partial charge in [0.2, 0.25) is 0 Å². The third kappa shape index (κ3) is 2.21. The molecule has 0 radical (unpaired) electrons. The Kier molecular flexibility index (Phi) is 3.28. The number of nitrogens with one attached hydrogen (secondary N) is 1. The number of hydrogen-bond acceptors (Lipinski definition) is 2. The first-order chi connectivity index (χ1) is 9.61.